The van der Waals surface area contributed by atoms with Gasteiger partial charge in [0.1, 0.15) is 0 Å². The predicted molar refractivity (Wildman–Crippen MR) is 147 cm³/mol. The average molecular weight is 530 g/mol. The molecule has 0 spiro atoms. The lowest BCUT2D eigenvalue weighted by molar-refractivity contribution is -0.130. The maximum Gasteiger partial charge on any atom is 0.254 e. The third-order valence-corrected chi connectivity index (χ3v) is 7.82. The van der Waals surface area contributed by atoms with Crippen molar-refractivity contribution in [3.8, 4) is 17.3 Å². The van der Waals surface area contributed by atoms with Gasteiger partial charge in [-0.2, -0.15) is 0 Å². The molecule has 9 heteroatoms. The summed E-state index contributed by atoms with van der Waals surface area (Å²) in [5.74, 6) is 1.45. The molecule has 38 heavy (non-hydrogen) atoms. The summed E-state index contributed by atoms with van der Waals surface area (Å²) in [7, 11) is 0. The standard InChI is InChI=1S/C29H31N5O3S/c1-4-22-11-13-23(14-12-22)28(36)33-16-15-32(18-21(33)3)26(35)19-38-29-31-30-27(25-10-7-17-37-25)34(29)24-9-6-5-8-20(24)2/h5-14,17,21H,4,15-16,18-19H2,1-3H3. The molecule has 8 nitrogen and oxygen atoms in total. The Balaban J connectivity index is 1.26. The number of hydrogen-bond acceptors (Lipinski definition) is 6. The summed E-state index contributed by atoms with van der Waals surface area (Å²) in [5, 5.41) is 9.39. The molecule has 0 aliphatic carbocycles. The summed E-state index contributed by atoms with van der Waals surface area (Å²) >= 11 is 1.36. The van der Waals surface area contributed by atoms with Crippen LogP contribution in [0.2, 0.25) is 0 Å². The van der Waals surface area contributed by atoms with Gasteiger partial charge in [-0.05, 0) is 61.7 Å². The first-order valence-electron chi connectivity index (χ1n) is 12.8. The van der Waals surface area contributed by atoms with Crippen molar-refractivity contribution in [1.82, 2.24) is 24.6 Å². The van der Waals surface area contributed by atoms with E-state index in [0.717, 1.165) is 17.7 Å². The Kier molecular flexibility index (Phi) is 7.64. The minimum atomic E-state index is -0.0720. The van der Waals surface area contributed by atoms with Gasteiger partial charge in [0.25, 0.3) is 5.91 Å². The zero-order chi connectivity index (χ0) is 26.6. The molecule has 2 aromatic carbocycles. The number of hydrogen-bond donors (Lipinski definition) is 0. The van der Waals surface area contributed by atoms with E-state index in [2.05, 4.69) is 17.1 Å². The van der Waals surface area contributed by atoms with Gasteiger partial charge < -0.3 is 14.2 Å². The number of rotatable bonds is 7. The maximum absolute atomic E-state index is 13.2. The van der Waals surface area contributed by atoms with Gasteiger partial charge in [-0.1, -0.05) is 49.0 Å². The van der Waals surface area contributed by atoms with Crippen molar-refractivity contribution in [1.29, 1.82) is 0 Å². The Hall–Kier alpha value is -3.85. The van der Waals surface area contributed by atoms with Crippen LogP contribution in [0.1, 0.15) is 35.3 Å². The summed E-state index contributed by atoms with van der Waals surface area (Å²) in [6.45, 7) is 7.63. The van der Waals surface area contributed by atoms with Crippen LogP contribution in [0.25, 0.3) is 17.3 Å². The second-order valence-corrected chi connectivity index (χ2v) is 10.4. The van der Waals surface area contributed by atoms with Gasteiger partial charge in [0.05, 0.1) is 17.7 Å². The van der Waals surface area contributed by atoms with Crippen LogP contribution in [0.3, 0.4) is 0 Å². The van der Waals surface area contributed by atoms with E-state index < -0.39 is 0 Å². The van der Waals surface area contributed by atoms with Crippen molar-refractivity contribution in [2.45, 2.75) is 38.4 Å². The fourth-order valence-corrected chi connectivity index (χ4v) is 5.56. The molecule has 1 fully saturated rings. The van der Waals surface area contributed by atoms with Crippen LogP contribution in [0.4, 0.5) is 0 Å². The molecule has 1 unspecified atom stereocenters. The lowest BCUT2D eigenvalue weighted by atomic mass is 10.1. The molecule has 2 amide bonds. The highest BCUT2D eigenvalue weighted by molar-refractivity contribution is 7.99. The Morgan fingerprint density at radius 2 is 1.82 bits per heavy atom. The fourth-order valence-electron chi connectivity index (χ4n) is 4.71. The lowest BCUT2D eigenvalue weighted by Crippen LogP contribution is -2.55. The Morgan fingerprint density at radius 1 is 1.03 bits per heavy atom. The number of aromatic nitrogens is 3. The highest BCUT2D eigenvalue weighted by Gasteiger charge is 2.30. The van der Waals surface area contributed by atoms with Crippen LogP contribution in [0.5, 0.6) is 0 Å². The van der Waals surface area contributed by atoms with Crippen LogP contribution in [-0.2, 0) is 11.2 Å². The number of carbonyl (C=O) groups excluding carboxylic acids is 2. The third kappa shape index (κ3) is 5.24. The number of piperazine rings is 1. The number of amides is 2. The zero-order valence-electron chi connectivity index (χ0n) is 21.8. The molecule has 1 aliphatic heterocycles. The van der Waals surface area contributed by atoms with Gasteiger partial charge in [0.15, 0.2) is 10.9 Å². The quantitative estimate of drug-likeness (QED) is 0.318. The topological polar surface area (TPSA) is 84.5 Å². The SMILES string of the molecule is CCc1ccc(C(=O)N2CCN(C(=O)CSc3nnc(-c4ccco4)n3-c3ccccc3C)CC2C)cc1. The van der Waals surface area contributed by atoms with E-state index in [-0.39, 0.29) is 23.6 Å². The zero-order valence-corrected chi connectivity index (χ0v) is 22.6. The first kappa shape index (κ1) is 25.8. The largest absolute Gasteiger partial charge is 0.461 e. The van der Waals surface area contributed by atoms with Gasteiger partial charge in [0.2, 0.25) is 11.7 Å². The number of aryl methyl sites for hydroxylation is 2. The summed E-state index contributed by atoms with van der Waals surface area (Å²) in [5.41, 5.74) is 3.89. The number of nitrogens with zero attached hydrogens (tertiary/aromatic N) is 5. The van der Waals surface area contributed by atoms with Crippen LogP contribution >= 0.6 is 11.8 Å². The Bertz CT molecular complexity index is 1410. The number of thioether (sulfide) groups is 1. The van der Waals surface area contributed by atoms with Gasteiger partial charge in [-0.15, -0.1) is 10.2 Å². The second-order valence-electron chi connectivity index (χ2n) is 9.43. The highest BCUT2D eigenvalue weighted by atomic mass is 32.2. The summed E-state index contributed by atoms with van der Waals surface area (Å²) in [6.07, 6.45) is 2.55. The minimum absolute atomic E-state index is 0.0124. The van der Waals surface area contributed by atoms with Crippen LogP contribution in [-0.4, -0.2) is 67.8 Å². The van der Waals surface area contributed by atoms with Gasteiger partial charge in [-0.3, -0.25) is 14.2 Å². The lowest BCUT2D eigenvalue weighted by Gasteiger charge is -2.40. The summed E-state index contributed by atoms with van der Waals surface area (Å²) in [4.78, 5) is 30.0. The Morgan fingerprint density at radius 3 is 2.50 bits per heavy atom. The van der Waals surface area contributed by atoms with Crippen molar-refractivity contribution < 1.29 is 14.0 Å². The minimum Gasteiger partial charge on any atom is -0.461 e. The number of carbonyl (C=O) groups is 2. The van der Waals surface area contributed by atoms with E-state index in [1.807, 2.05) is 88.9 Å². The van der Waals surface area contributed by atoms with E-state index in [1.54, 1.807) is 6.26 Å². The molecule has 0 radical (unpaired) electrons. The molecule has 0 saturated carbocycles. The molecule has 1 saturated heterocycles. The number of furan rings is 1. The summed E-state index contributed by atoms with van der Waals surface area (Å²) in [6, 6.07) is 19.4. The van der Waals surface area contributed by atoms with Crippen molar-refractivity contribution in [2.75, 3.05) is 25.4 Å². The van der Waals surface area contributed by atoms with Crippen molar-refractivity contribution in [3.63, 3.8) is 0 Å². The number of para-hydroxylation sites is 1. The predicted octanol–water partition coefficient (Wildman–Crippen LogP) is 4.86. The molecular formula is C29H31N5O3S. The smallest absolute Gasteiger partial charge is 0.254 e. The molecular weight excluding hydrogens is 498 g/mol. The van der Waals surface area contributed by atoms with Crippen molar-refractivity contribution in [2.24, 2.45) is 0 Å². The van der Waals surface area contributed by atoms with Crippen molar-refractivity contribution in [3.05, 3.63) is 83.6 Å². The molecule has 0 N–H and O–H groups in total. The van der Waals surface area contributed by atoms with Crippen LogP contribution in [0, 0.1) is 6.92 Å². The van der Waals surface area contributed by atoms with E-state index in [0.29, 0.717) is 41.9 Å². The normalized spacial score (nSPS) is 15.6. The maximum atomic E-state index is 13.2. The van der Waals surface area contributed by atoms with Gasteiger partial charge >= 0.3 is 0 Å². The van der Waals surface area contributed by atoms with Crippen molar-refractivity contribution >= 4 is 23.6 Å². The van der Waals surface area contributed by atoms with E-state index in [4.69, 9.17) is 4.42 Å². The molecule has 1 aliphatic rings. The van der Waals surface area contributed by atoms with Gasteiger partial charge in [0, 0.05) is 31.2 Å². The molecule has 2 aromatic heterocycles. The molecule has 3 heterocycles. The first-order chi connectivity index (χ1) is 18.5. The van der Waals surface area contributed by atoms with E-state index in [1.165, 1.54) is 17.3 Å². The first-order valence-corrected chi connectivity index (χ1v) is 13.8. The molecule has 4 aromatic rings. The number of benzene rings is 2. The molecule has 196 valence electrons. The van der Waals surface area contributed by atoms with E-state index in [9.17, 15) is 9.59 Å². The fraction of sp³-hybridized carbons (Fsp3) is 0.310. The van der Waals surface area contributed by atoms with Gasteiger partial charge in [-0.25, -0.2) is 0 Å². The second kappa shape index (κ2) is 11.3. The third-order valence-electron chi connectivity index (χ3n) is 6.91. The summed E-state index contributed by atoms with van der Waals surface area (Å²) < 4.78 is 7.54. The molecule has 0 bridgehead atoms. The molecule has 1 atom stereocenters. The van der Waals surface area contributed by atoms with Crippen LogP contribution < -0.4 is 0 Å². The Labute approximate surface area is 226 Å². The van der Waals surface area contributed by atoms with E-state index >= 15 is 0 Å². The highest BCUT2D eigenvalue weighted by Crippen LogP contribution is 2.30. The average Bonchev–Trinajstić information content (AvgIpc) is 3.62. The van der Waals surface area contributed by atoms with Crippen LogP contribution in [0.15, 0.2) is 76.5 Å². The monoisotopic (exact) mass is 529 g/mol. The molecule has 5 rings (SSSR count).